The smallest absolute Gasteiger partial charge is 0.252 e. The Kier molecular flexibility index (Phi) is 4.74. The molecule has 1 atom stereocenters. The first-order valence-corrected chi connectivity index (χ1v) is 7.61. The SMILES string of the molecule is COc1ccc(-c2noc([C@@H](C)NC(=O)c3cccc(F)c3)n2)cc1. The third kappa shape index (κ3) is 3.82. The molecule has 0 aliphatic rings. The van der Waals surface area contributed by atoms with Crippen molar-refractivity contribution in [3.8, 4) is 17.1 Å². The molecule has 0 fully saturated rings. The lowest BCUT2D eigenvalue weighted by Gasteiger charge is -2.09. The maximum Gasteiger partial charge on any atom is 0.252 e. The summed E-state index contributed by atoms with van der Waals surface area (Å²) >= 11 is 0. The minimum atomic E-state index is -0.518. The van der Waals surface area contributed by atoms with Gasteiger partial charge >= 0.3 is 0 Å². The van der Waals surface area contributed by atoms with E-state index in [1.807, 2.05) is 12.1 Å². The maximum atomic E-state index is 13.2. The molecule has 0 saturated heterocycles. The van der Waals surface area contributed by atoms with Crippen LogP contribution in [0.5, 0.6) is 5.75 Å². The monoisotopic (exact) mass is 341 g/mol. The Morgan fingerprint density at radius 3 is 2.68 bits per heavy atom. The van der Waals surface area contributed by atoms with Gasteiger partial charge in [0.15, 0.2) is 0 Å². The number of methoxy groups -OCH3 is 1. The zero-order valence-corrected chi connectivity index (χ0v) is 13.7. The first-order chi connectivity index (χ1) is 12.1. The largest absolute Gasteiger partial charge is 0.497 e. The molecule has 0 radical (unpaired) electrons. The van der Waals surface area contributed by atoms with Crippen molar-refractivity contribution in [3.05, 3.63) is 65.8 Å². The molecule has 0 bridgehead atoms. The number of ether oxygens (including phenoxy) is 1. The fraction of sp³-hybridized carbons (Fsp3) is 0.167. The van der Waals surface area contributed by atoms with E-state index in [9.17, 15) is 9.18 Å². The molecule has 3 rings (SSSR count). The molecule has 1 aromatic heterocycles. The highest BCUT2D eigenvalue weighted by molar-refractivity contribution is 5.94. The van der Waals surface area contributed by atoms with Crippen molar-refractivity contribution in [3.63, 3.8) is 0 Å². The van der Waals surface area contributed by atoms with Crippen LogP contribution in [0.3, 0.4) is 0 Å². The predicted molar refractivity (Wildman–Crippen MR) is 88.6 cm³/mol. The van der Waals surface area contributed by atoms with Gasteiger partial charge in [0, 0.05) is 11.1 Å². The van der Waals surface area contributed by atoms with E-state index >= 15 is 0 Å². The second-order valence-corrected chi connectivity index (χ2v) is 5.39. The van der Waals surface area contributed by atoms with Gasteiger partial charge in [0.05, 0.1) is 7.11 Å². The van der Waals surface area contributed by atoms with Crippen LogP contribution in [-0.4, -0.2) is 23.2 Å². The quantitative estimate of drug-likeness (QED) is 0.770. The Morgan fingerprint density at radius 2 is 2.00 bits per heavy atom. The third-order valence-corrected chi connectivity index (χ3v) is 3.59. The molecule has 0 spiro atoms. The molecule has 6 nitrogen and oxygen atoms in total. The van der Waals surface area contributed by atoms with Crippen LogP contribution in [0.2, 0.25) is 0 Å². The highest BCUT2D eigenvalue weighted by Gasteiger charge is 2.18. The predicted octanol–water partition coefficient (Wildman–Crippen LogP) is 3.38. The Hall–Kier alpha value is -3.22. The second-order valence-electron chi connectivity index (χ2n) is 5.39. The number of nitrogens with one attached hydrogen (secondary N) is 1. The van der Waals surface area contributed by atoms with E-state index in [0.717, 1.165) is 11.3 Å². The molecule has 128 valence electrons. The van der Waals surface area contributed by atoms with Crippen LogP contribution in [0.15, 0.2) is 53.1 Å². The van der Waals surface area contributed by atoms with Gasteiger partial charge in [-0.1, -0.05) is 11.2 Å². The van der Waals surface area contributed by atoms with Crippen LogP contribution in [0.4, 0.5) is 4.39 Å². The topological polar surface area (TPSA) is 77.3 Å². The molecule has 2 aromatic carbocycles. The van der Waals surface area contributed by atoms with Gasteiger partial charge in [0.25, 0.3) is 5.91 Å². The molecular formula is C18H16FN3O3. The van der Waals surface area contributed by atoms with Crippen molar-refractivity contribution in [2.24, 2.45) is 0 Å². The average Bonchev–Trinajstić information content (AvgIpc) is 3.12. The normalized spacial score (nSPS) is 11.8. The van der Waals surface area contributed by atoms with Gasteiger partial charge in [-0.25, -0.2) is 4.39 Å². The summed E-state index contributed by atoms with van der Waals surface area (Å²) in [7, 11) is 1.59. The van der Waals surface area contributed by atoms with Crippen molar-refractivity contribution in [2.45, 2.75) is 13.0 Å². The highest BCUT2D eigenvalue weighted by Crippen LogP contribution is 2.21. The summed E-state index contributed by atoms with van der Waals surface area (Å²) in [6.07, 6.45) is 0. The van der Waals surface area contributed by atoms with Crippen LogP contribution < -0.4 is 10.1 Å². The van der Waals surface area contributed by atoms with E-state index < -0.39 is 17.8 Å². The Labute approximate surface area is 143 Å². The lowest BCUT2D eigenvalue weighted by molar-refractivity contribution is 0.0932. The molecule has 3 aromatic rings. The fourth-order valence-electron chi connectivity index (χ4n) is 2.24. The number of aromatic nitrogens is 2. The van der Waals surface area contributed by atoms with Crippen LogP contribution >= 0.6 is 0 Å². The molecule has 7 heteroatoms. The van der Waals surface area contributed by atoms with Crippen molar-refractivity contribution >= 4 is 5.91 Å². The number of rotatable bonds is 5. The molecule has 1 heterocycles. The molecule has 0 unspecified atom stereocenters. The van der Waals surface area contributed by atoms with Crippen LogP contribution in [0, 0.1) is 5.82 Å². The summed E-state index contributed by atoms with van der Waals surface area (Å²) < 4.78 is 23.5. The van der Waals surface area contributed by atoms with E-state index in [0.29, 0.717) is 5.82 Å². The summed E-state index contributed by atoms with van der Waals surface area (Å²) in [5, 5.41) is 6.62. The van der Waals surface area contributed by atoms with Crippen molar-refractivity contribution in [1.82, 2.24) is 15.5 Å². The highest BCUT2D eigenvalue weighted by atomic mass is 19.1. The maximum absolute atomic E-state index is 13.2. The van der Waals surface area contributed by atoms with Gasteiger partial charge < -0.3 is 14.6 Å². The minimum Gasteiger partial charge on any atom is -0.497 e. The number of hydrogen-bond acceptors (Lipinski definition) is 5. The van der Waals surface area contributed by atoms with E-state index in [4.69, 9.17) is 9.26 Å². The van der Waals surface area contributed by atoms with Crippen molar-refractivity contribution in [2.75, 3.05) is 7.11 Å². The second kappa shape index (κ2) is 7.12. The van der Waals surface area contributed by atoms with Gasteiger partial charge in [0.2, 0.25) is 11.7 Å². The molecule has 25 heavy (non-hydrogen) atoms. The number of halogens is 1. The van der Waals surface area contributed by atoms with Gasteiger partial charge in [0.1, 0.15) is 17.6 Å². The lowest BCUT2D eigenvalue weighted by atomic mass is 10.2. The van der Waals surface area contributed by atoms with Crippen molar-refractivity contribution < 1.29 is 18.4 Å². The number of benzene rings is 2. The molecule has 0 aliphatic heterocycles. The number of hydrogen-bond donors (Lipinski definition) is 1. The molecular weight excluding hydrogens is 325 g/mol. The van der Waals surface area contributed by atoms with Gasteiger partial charge in [-0.3, -0.25) is 4.79 Å². The van der Waals surface area contributed by atoms with Crippen LogP contribution in [-0.2, 0) is 0 Å². The number of carbonyl (C=O) groups is 1. The van der Waals surface area contributed by atoms with Crippen molar-refractivity contribution in [1.29, 1.82) is 0 Å². The Balaban J connectivity index is 1.71. The number of nitrogens with zero attached hydrogens (tertiary/aromatic N) is 2. The molecule has 0 aliphatic carbocycles. The zero-order chi connectivity index (χ0) is 17.8. The molecule has 0 saturated carbocycles. The number of amides is 1. The van der Waals surface area contributed by atoms with E-state index in [-0.39, 0.29) is 11.5 Å². The first-order valence-electron chi connectivity index (χ1n) is 7.61. The third-order valence-electron chi connectivity index (χ3n) is 3.59. The minimum absolute atomic E-state index is 0.224. The van der Waals surface area contributed by atoms with E-state index in [1.165, 1.54) is 24.3 Å². The summed E-state index contributed by atoms with van der Waals surface area (Å²) in [5.41, 5.74) is 0.987. The van der Waals surface area contributed by atoms with Gasteiger partial charge in [-0.15, -0.1) is 0 Å². The standard InChI is InChI=1S/C18H16FN3O3/c1-11(20-17(23)13-4-3-5-14(19)10-13)18-21-16(22-25-18)12-6-8-15(24-2)9-7-12/h3-11H,1-2H3,(H,20,23)/t11-/m1/s1. The summed E-state index contributed by atoms with van der Waals surface area (Å²) in [6, 6.07) is 12.1. The van der Waals surface area contributed by atoms with Crippen LogP contribution in [0.25, 0.3) is 11.4 Å². The van der Waals surface area contributed by atoms with E-state index in [2.05, 4.69) is 15.5 Å². The summed E-state index contributed by atoms with van der Waals surface area (Å²) in [4.78, 5) is 16.4. The summed E-state index contributed by atoms with van der Waals surface area (Å²) in [5.74, 6) is 0.499. The van der Waals surface area contributed by atoms with Gasteiger partial charge in [-0.2, -0.15) is 4.98 Å². The number of carbonyl (C=O) groups excluding carboxylic acids is 1. The average molecular weight is 341 g/mol. The van der Waals surface area contributed by atoms with Crippen LogP contribution in [0.1, 0.15) is 29.2 Å². The van der Waals surface area contributed by atoms with Gasteiger partial charge in [-0.05, 0) is 49.4 Å². The lowest BCUT2D eigenvalue weighted by Crippen LogP contribution is -2.26. The Morgan fingerprint density at radius 1 is 1.24 bits per heavy atom. The first kappa shape index (κ1) is 16.6. The molecule has 1 N–H and O–H groups in total. The zero-order valence-electron chi connectivity index (χ0n) is 13.7. The fourth-order valence-corrected chi connectivity index (χ4v) is 2.24. The van der Waals surface area contributed by atoms with E-state index in [1.54, 1.807) is 26.2 Å². The Bertz CT molecular complexity index is 877. The summed E-state index contributed by atoms with van der Waals surface area (Å²) in [6.45, 7) is 1.71. The molecule has 1 amide bonds.